The Morgan fingerprint density at radius 2 is 1.66 bits per heavy atom. The maximum Gasteiger partial charge on any atom is 0.416 e. The van der Waals surface area contributed by atoms with Crippen molar-refractivity contribution in [1.29, 1.82) is 0 Å². The highest BCUT2D eigenvalue weighted by Crippen LogP contribution is 2.35. The molecule has 0 atom stereocenters. The minimum absolute atomic E-state index is 0.462. The van der Waals surface area contributed by atoms with Crippen molar-refractivity contribution in [2.75, 3.05) is 0 Å². The van der Waals surface area contributed by atoms with Gasteiger partial charge in [0.05, 0.1) is 5.56 Å². The lowest BCUT2D eigenvalue weighted by Crippen LogP contribution is -2.04. The lowest BCUT2D eigenvalue weighted by Gasteiger charge is -2.08. The van der Waals surface area contributed by atoms with Crippen molar-refractivity contribution in [3.63, 3.8) is 0 Å². The minimum Gasteiger partial charge on any atom is -0.342 e. The molecule has 0 fully saturated rings. The average molecular weight is 432 g/mol. The summed E-state index contributed by atoms with van der Waals surface area (Å²) < 4.78 is 41.0. The van der Waals surface area contributed by atoms with E-state index in [9.17, 15) is 13.2 Å². The second kappa shape index (κ2) is 8.17. The zero-order chi connectivity index (χ0) is 20.4. The maximum absolute atomic E-state index is 13.0. The second-order valence-electron chi connectivity index (χ2n) is 6.72. The number of nitrogens with zero attached hydrogens (tertiary/aromatic N) is 1. The number of benzene rings is 3. The smallest absolute Gasteiger partial charge is 0.342 e. The van der Waals surface area contributed by atoms with Gasteiger partial charge in [-0.2, -0.15) is 13.2 Å². The van der Waals surface area contributed by atoms with Gasteiger partial charge < -0.3 is 4.57 Å². The van der Waals surface area contributed by atoms with E-state index >= 15 is 0 Å². The molecule has 0 N–H and O–H groups in total. The van der Waals surface area contributed by atoms with Crippen molar-refractivity contribution < 1.29 is 13.2 Å². The fourth-order valence-corrected chi connectivity index (χ4v) is 4.49. The Hall–Kier alpha value is -2.37. The lowest BCUT2D eigenvalue weighted by atomic mass is 10.1. The summed E-state index contributed by atoms with van der Waals surface area (Å²) in [4.78, 5) is 1.03. The van der Waals surface area contributed by atoms with E-state index in [4.69, 9.17) is 11.6 Å². The Morgan fingerprint density at radius 3 is 2.45 bits per heavy atom. The number of hydrogen-bond donors (Lipinski definition) is 0. The van der Waals surface area contributed by atoms with Crippen LogP contribution in [0.25, 0.3) is 10.9 Å². The molecule has 0 radical (unpaired) electrons. The van der Waals surface area contributed by atoms with Crippen molar-refractivity contribution in [3.05, 3.63) is 101 Å². The molecule has 0 amide bonds. The zero-order valence-corrected chi connectivity index (χ0v) is 16.9. The second-order valence-corrected chi connectivity index (χ2v) is 8.14. The van der Waals surface area contributed by atoms with Crippen LogP contribution in [0.15, 0.2) is 83.9 Å². The Balaban J connectivity index is 1.61. The number of thioether (sulfide) groups is 1. The zero-order valence-electron chi connectivity index (χ0n) is 15.3. The highest BCUT2D eigenvalue weighted by atomic mass is 35.5. The monoisotopic (exact) mass is 431 g/mol. The summed E-state index contributed by atoms with van der Waals surface area (Å²) in [5.41, 5.74) is 2.12. The third-order valence-electron chi connectivity index (χ3n) is 4.70. The van der Waals surface area contributed by atoms with E-state index in [1.807, 2.05) is 54.7 Å². The van der Waals surface area contributed by atoms with E-state index in [1.165, 1.54) is 23.9 Å². The van der Waals surface area contributed by atoms with Gasteiger partial charge in [-0.1, -0.05) is 66.2 Å². The van der Waals surface area contributed by atoms with E-state index in [2.05, 4.69) is 4.57 Å². The summed E-state index contributed by atoms with van der Waals surface area (Å²) in [5, 5.41) is 1.79. The molecule has 0 saturated heterocycles. The first-order valence-corrected chi connectivity index (χ1v) is 10.4. The van der Waals surface area contributed by atoms with Crippen LogP contribution in [-0.4, -0.2) is 4.57 Å². The molecule has 3 aromatic carbocycles. The van der Waals surface area contributed by atoms with E-state index in [0.29, 0.717) is 22.9 Å². The van der Waals surface area contributed by atoms with Gasteiger partial charge in [0.2, 0.25) is 0 Å². The number of rotatable bonds is 5. The van der Waals surface area contributed by atoms with Crippen LogP contribution < -0.4 is 0 Å². The fourth-order valence-electron chi connectivity index (χ4n) is 3.27. The first-order chi connectivity index (χ1) is 13.9. The SMILES string of the molecule is FC(F)(F)c1cccc(CSc2cn(Cc3ccccc3Cl)c3ccccc23)c1. The van der Waals surface area contributed by atoms with E-state index in [0.717, 1.165) is 27.4 Å². The predicted octanol–water partition coefficient (Wildman–Crippen LogP) is 7.65. The molecule has 0 aliphatic heterocycles. The molecule has 1 heterocycles. The Bertz CT molecular complexity index is 1150. The highest BCUT2D eigenvalue weighted by molar-refractivity contribution is 7.98. The van der Waals surface area contributed by atoms with Gasteiger partial charge in [0.1, 0.15) is 0 Å². The molecular weight excluding hydrogens is 415 g/mol. The van der Waals surface area contributed by atoms with Gasteiger partial charge in [0, 0.05) is 39.3 Å². The van der Waals surface area contributed by atoms with Crippen LogP contribution in [0, 0.1) is 0 Å². The van der Waals surface area contributed by atoms with Crippen LogP contribution in [0.3, 0.4) is 0 Å². The Labute approximate surface area is 176 Å². The summed E-state index contributed by atoms with van der Waals surface area (Å²) in [7, 11) is 0. The molecule has 0 saturated carbocycles. The van der Waals surface area contributed by atoms with Crippen LogP contribution in [0.4, 0.5) is 13.2 Å². The molecule has 0 aliphatic rings. The van der Waals surface area contributed by atoms with Gasteiger partial charge in [-0.15, -0.1) is 11.8 Å². The number of halogens is 4. The first-order valence-electron chi connectivity index (χ1n) is 9.02. The summed E-state index contributed by atoms with van der Waals surface area (Å²) in [6.07, 6.45) is -2.28. The number of alkyl halides is 3. The highest BCUT2D eigenvalue weighted by Gasteiger charge is 2.30. The quantitative estimate of drug-likeness (QED) is 0.294. The van der Waals surface area contributed by atoms with Crippen molar-refractivity contribution in [3.8, 4) is 0 Å². The molecule has 0 unspecified atom stereocenters. The summed E-state index contributed by atoms with van der Waals surface area (Å²) in [6, 6.07) is 21.2. The van der Waals surface area contributed by atoms with Crippen LogP contribution in [0.5, 0.6) is 0 Å². The standard InChI is InChI=1S/C23H17ClF3NS/c24-20-10-3-1-7-17(20)13-28-14-22(19-9-2-4-11-21(19)28)29-15-16-6-5-8-18(12-16)23(25,26)27/h1-12,14H,13,15H2. The molecule has 1 aromatic heterocycles. The predicted molar refractivity (Wildman–Crippen MR) is 113 cm³/mol. The fraction of sp³-hybridized carbons (Fsp3) is 0.130. The van der Waals surface area contributed by atoms with Crippen molar-refractivity contribution in [1.82, 2.24) is 4.57 Å². The average Bonchev–Trinajstić information content (AvgIpc) is 3.05. The molecule has 6 heteroatoms. The number of hydrogen-bond acceptors (Lipinski definition) is 1. The normalized spacial score (nSPS) is 11.9. The van der Waals surface area contributed by atoms with Crippen LogP contribution in [0.1, 0.15) is 16.7 Å². The number of para-hydroxylation sites is 1. The van der Waals surface area contributed by atoms with Crippen LogP contribution >= 0.6 is 23.4 Å². The van der Waals surface area contributed by atoms with E-state index in [1.54, 1.807) is 6.07 Å². The lowest BCUT2D eigenvalue weighted by molar-refractivity contribution is -0.137. The van der Waals surface area contributed by atoms with Crippen molar-refractivity contribution in [2.24, 2.45) is 0 Å². The van der Waals surface area contributed by atoms with Crippen LogP contribution in [-0.2, 0) is 18.5 Å². The maximum atomic E-state index is 13.0. The molecule has 4 rings (SSSR count). The van der Waals surface area contributed by atoms with Gasteiger partial charge in [-0.05, 0) is 29.3 Å². The molecule has 0 bridgehead atoms. The molecule has 0 spiro atoms. The molecule has 0 aliphatic carbocycles. The van der Waals surface area contributed by atoms with Gasteiger partial charge in [0.25, 0.3) is 0 Å². The third-order valence-corrected chi connectivity index (χ3v) is 6.18. The van der Waals surface area contributed by atoms with E-state index < -0.39 is 11.7 Å². The molecular formula is C23H17ClF3NS. The van der Waals surface area contributed by atoms with Gasteiger partial charge >= 0.3 is 6.18 Å². The number of fused-ring (bicyclic) bond motifs is 1. The summed E-state index contributed by atoms with van der Waals surface area (Å²) in [5.74, 6) is 0.462. The molecule has 1 nitrogen and oxygen atoms in total. The van der Waals surface area contributed by atoms with Crippen molar-refractivity contribution >= 4 is 34.3 Å². The summed E-state index contributed by atoms with van der Waals surface area (Å²) >= 11 is 7.85. The molecule has 148 valence electrons. The van der Waals surface area contributed by atoms with E-state index in [-0.39, 0.29) is 0 Å². The van der Waals surface area contributed by atoms with Gasteiger partial charge in [-0.25, -0.2) is 0 Å². The minimum atomic E-state index is -4.33. The largest absolute Gasteiger partial charge is 0.416 e. The molecule has 29 heavy (non-hydrogen) atoms. The topological polar surface area (TPSA) is 4.93 Å². The van der Waals surface area contributed by atoms with Gasteiger partial charge in [0.15, 0.2) is 0 Å². The molecule has 4 aromatic rings. The Morgan fingerprint density at radius 1 is 0.897 bits per heavy atom. The van der Waals surface area contributed by atoms with Gasteiger partial charge in [-0.3, -0.25) is 0 Å². The number of aromatic nitrogens is 1. The third kappa shape index (κ3) is 4.46. The first kappa shape index (κ1) is 19.9. The van der Waals surface area contributed by atoms with Crippen molar-refractivity contribution in [2.45, 2.75) is 23.4 Å². The Kier molecular flexibility index (Phi) is 5.61. The summed E-state index contributed by atoms with van der Waals surface area (Å²) in [6.45, 7) is 0.629. The van der Waals surface area contributed by atoms with Crippen LogP contribution in [0.2, 0.25) is 5.02 Å².